The summed E-state index contributed by atoms with van der Waals surface area (Å²) in [7, 11) is 0. The third kappa shape index (κ3) is 4.44. The zero-order chi connectivity index (χ0) is 4.83. The molecule has 1 N–H and O–H groups in total. The summed E-state index contributed by atoms with van der Waals surface area (Å²) in [5, 5.41) is 4.92. The maximum atomic E-state index is 6.19. The fraction of sp³-hybridized carbons (Fsp3) is 1.00. The van der Waals surface area contributed by atoms with Crippen molar-refractivity contribution in [2.24, 2.45) is 0 Å². The Hall–Kier alpha value is 0.440. The van der Waals surface area contributed by atoms with Crippen molar-refractivity contribution in [2.45, 2.75) is 6.42 Å². The highest BCUT2D eigenvalue weighted by Gasteiger charge is 1.70. The van der Waals surface area contributed by atoms with Crippen LogP contribution in [-0.4, -0.2) is 18.5 Å². The maximum absolute atomic E-state index is 6.19. The molecule has 0 aromatic carbocycles. The lowest BCUT2D eigenvalue weighted by molar-refractivity contribution is 0.296. The van der Waals surface area contributed by atoms with Gasteiger partial charge in [0.2, 0.25) is 1.43 Å². The van der Waals surface area contributed by atoms with E-state index in [0.717, 1.165) is 11.8 Å². The first-order valence-corrected chi connectivity index (χ1v) is 2.68. The van der Waals surface area contributed by atoms with E-state index in [9.17, 15) is 0 Å². The molecule has 0 amide bonds. The second kappa shape index (κ2) is 4.44. The van der Waals surface area contributed by atoms with E-state index in [0.29, 0.717) is 6.61 Å². The van der Waals surface area contributed by atoms with Crippen molar-refractivity contribution < 1.29 is 5.11 Å². The molecule has 32 valence electrons. The molecule has 0 spiro atoms. The van der Waals surface area contributed by atoms with Crippen LogP contribution in [0, 0.1) is 0 Å². The highest BCUT2D eigenvalue weighted by molar-refractivity contribution is 9.09. The topological polar surface area (TPSA) is 20.2 Å². The highest BCUT2D eigenvalue weighted by Crippen LogP contribution is 1.81. The van der Waals surface area contributed by atoms with Gasteiger partial charge in [0.25, 0.3) is 0 Å². The predicted molar refractivity (Wildman–Crippen MR) is 25.5 cm³/mol. The summed E-state index contributed by atoms with van der Waals surface area (Å²) in [6, 6.07) is 0. The first-order chi connectivity index (χ1) is 2.91. The summed E-state index contributed by atoms with van der Waals surface area (Å²) >= 11 is 3.19. The number of halogens is 1. The minimum absolute atomic E-state index is 0.533. The number of hydrogen-bond donors (Lipinski definition) is 1. The molecule has 0 aliphatic rings. The first-order valence-electron chi connectivity index (χ1n) is 1.96. The molecule has 0 aromatic rings. The average molecular weight is 140 g/mol. The largest absolute Gasteiger partial charge is 0.396 e. The molecule has 0 unspecified atom stereocenters. The van der Waals surface area contributed by atoms with Crippen LogP contribution in [0.25, 0.3) is 0 Å². The third-order valence-corrected chi connectivity index (χ3v) is 0.839. The molecular weight excluding hydrogens is 132 g/mol. The Labute approximate surface area is 41.6 Å². The van der Waals surface area contributed by atoms with E-state index >= 15 is 0 Å². The Morgan fingerprint density at radius 1 is 2.00 bits per heavy atom. The molecule has 0 aliphatic heterocycles. The average Bonchev–Trinajstić information content (AvgIpc) is 1.61. The van der Waals surface area contributed by atoms with Crippen LogP contribution in [0.3, 0.4) is 0 Å². The lowest BCUT2D eigenvalue weighted by atomic mass is 10.5. The molecule has 0 atom stereocenters. The Morgan fingerprint density at radius 3 is 3.00 bits per heavy atom. The van der Waals surface area contributed by atoms with Gasteiger partial charge in [-0.1, -0.05) is 15.9 Å². The van der Waals surface area contributed by atoms with Gasteiger partial charge < -0.3 is 5.11 Å². The van der Waals surface area contributed by atoms with E-state index in [1.165, 1.54) is 0 Å². The maximum Gasteiger partial charge on any atom is 0.210 e. The molecule has 1 nitrogen and oxygen atoms in total. The Kier molecular flexibility index (Phi) is 3.22. The summed E-state index contributed by atoms with van der Waals surface area (Å²) in [5.74, 6) is 0. The van der Waals surface area contributed by atoms with Gasteiger partial charge in [0.05, 0.1) is 0 Å². The molecule has 0 saturated heterocycles. The Bertz CT molecular complexity index is 22.8. The van der Waals surface area contributed by atoms with Crippen LogP contribution < -0.4 is 0 Å². The standard InChI is InChI=1S/C3H7BrO/c4-2-1-3-5/h5H,1-3H2/i5D. The molecule has 2 heteroatoms. The fourth-order valence-electron chi connectivity index (χ4n) is 0.0546. The quantitative estimate of drug-likeness (QED) is 0.453. The van der Waals surface area contributed by atoms with Crippen molar-refractivity contribution in [3.8, 4) is 0 Å². The second-order valence-corrected chi connectivity index (χ2v) is 1.54. The van der Waals surface area contributed by atoms with E-state index in [1.54, 1.807) is 0 Å². The van der Waals surface area contributed by atoms with E-state index in [1.807, 2.05) is 0 Å². The molecule has 0 saturated carbocycles. The number of aliphatic hydroxyl groups excluding tert-OH is 1. The highest BCUT2D eigenvalue weighted by atomic mass is 79.9. The minimum atomic E-state index is 0.533. The molecule has 0 radical (unpaired) electrons. The van der Waals surface area contributed by atoms with Crippen molar-refractivity contribution in [3.63, 3.8) is 0 Å². The van der Waals surface area contributed by atoms with E-state index in [2.05, 4.69) is 21.0 Å². The summed E-state index contributed by atoms with van der Waals surface area (Å²) in [6.07, 6.45) is 0.920. The van der Waals surface area contributed by atoms with E-state index in [4.69, 9.17) is 1.43 Å². The van der Waals surface area contributed by atoms with E-state index < -0.39 is 0 Å². The van der Waals surface area contributed by atoms with Crippen molar-refractivity contribution in [2.75, 3.05) is 11.9 Å². The molecule has 0 heterocycles. The van der Waals surface area contributed by atoms with Gasteiger partial charge in [-0.25, -0.2) is 0 Å². The van der Waals surface area contributed by atoms with Gasteiger partial charge >= 0.3 is 0 Å². The second-order valence-electron chi connectivity index (χ2n) is 0.747. The number of rotatable bonds is 3. The van der Waals surface area contributed by atoms with Crippen molar-refractivity contribution in [1.29, 1.82) is 1.43 Å². The summed E-state index contributed by atoms with van der Waals surface area (Å²) < 4.78 is 6.19. The number of aliphatic hydroxyl groups is 1. The summed E-state index contributed by atoms with van der Waals surface area (Å²) in [5.41, 5.74) is 0. The van der Waals surface area contributed by atoms with Crippen molar-refractivity contribution in [3.05, 3.63) is 0 Å². The lowest BCUT2D eigenvalue weighted by Crippen LogP contribution is -1.78. The van der Waals surface area contributed by atoms with Gasteiger partial charge in [0.15, 0.2) is 0 Å². The summed E-state index contributed by atoms with van der Waals surface area (Å²) in [6.45, 7) is 0.533. The predicted octanol–water partition coefficient (Wildman–Crippen LogP) is 0.764. The number of hydrogen-bond acceptors (Lipinski definition) is 1. The van der Waals surface area contributed by atoms with Crippen LogP contribution in [0.1, 0.15) is 6.42 Å². The zero-order valence-corrected chi connectivity index (χ0v) is 4.49. The molecule has 0 fully saturated rings. The van der Waals surface area contributed by atoms with E-state index in [-0.39, 0.29) is 0 Å². The fourth-order valence-corrected chi connectivity index (χ4v) is 0.283. The van der Waals surface area contributed by atoms with Gasteiger partial charge in [-0.05, 0) is 6.42 Å². The molecular formula is C3H7BrO. The Balaban J connectivity index is 2.34. The van der Waals surface area contributed by atoms with Gasteiger partial charge in [-0.15, -0.1) is 0 Å². The van der Waals surface area contributed by atoms with Crippen LogP contribution in [-0.2, 0) is 0 Å². The van der Waals surface area contributed by atoms with Crippen LogP contribution in [0.4, 0.5) is 0 Å². The normalized spacial score (nSPS) is 11.0. The van der Waals surface area contributed by atoms with Crippen LogP contribution in [0.15, 0.2) is 0 Å². The Morgan fingerprint density at radius 2 is 2.80 bits per heavy atom. The SMILES string of the molecule is [2H]OCCCBr. The van der Waals surface area contributed by atoms with Crippen LogP contribution >= 0.6 is 15.9 Å². The van der Waals surface area contributed by atoms with Gasteiger partial charge in [0.1, 0.15) is 0 Å². The molecule has 0 aromatic heterocycles. The van der Waals surface area contributed by atoms with Crippen LogP contribution in [0.5, 0.6) is 0 Å². The number of alkyl halides is 1. The van der Waals surface area contributed by atoms with Crippen molar-refractivity contribution in [1.82, 2.24) is 0 Å². The zero-order valence-electron chi connectivity index (χ0n) is 3.91. The summed E-state index contributed by atoms with van der Waals surface area (Å²) in [4.78, 5) is 0. The molecule has 5 heavy (non-hydrogen) atoms. The lowest BCUT2D eigenvalue weighted by Gasteiger charge is -1.78. The molecule has 0 aliphatic carbocycles. The first kappa shape index (κ1) is 3.62. The van der Waals surface area contributed by atoms with Crippen molar-refractivity contribution >= 4 is 15.9 Å². The smallest absolute Gasteiger partial charge is 0.210 e. The minimum Gasteiger partial charge on any atom is -0.396 e. The molecule has 0 rings (SSSR count). The van der Waals surface area contributed by atoms with Gasteiger partial charge in [0, 0.05) is 11.9 Å². The van der Waals surface area contributed by atoms with Gasteiger partial charge in [-0.3, -0.25) is 0 Å². The molecule has 0 bridgehead atoms. The third-order valence-electron chi connectivity index (χ3n) is 0.278. The van der Waals surface area contributed by atoms with Gasteiger partial charge in [-0.2, -0.15) is 0 Å². The monoisotopic (exact) mass is 139 g/mol. The van der Waals surface area contributed by atoms with Crippen LogP contribution in [0.2, 0.25) is 0 Å².